The second-order valence-corrected chi connectivity index (χ2v) is 6.19. The highest BCUT2D eigenvalue weighted by Crippen LogP contribution is 2.17. The summed E-state index contributed by atoms with van der Waals surface area (Å²) in [5.74, 6) is -2.55. The van der Waals surface area contributed by atoms with E-state index in [4.69, 9.17) is 0 Å². The zero-order valence-electron chi connectivity index (χ0n) is 13.6. The first-order valence-electron chi connectivity index (χ1n) is 8.07. The zero-order valence-corrected chi connectivity index (χ0v) is 13.6. The molecule has 2 unspecified atom stereocenters. The van der Waals surface area contributed by atoms with Crippen molar-refractivity contribution in [3.8, 4) is 0 Å². The summed E-state index contributed by atoms with van der Waals surface area (Å²) in [5, 5.41) is 11.9. The van der Waals surface area contributed by atoms with Crippen LogP contribution in [0, 0.1) is 11.6 Å². The molecule has 0 aromatic heterocycles. The normalized spacial score (nSPS) is 19.7. The smallest absolute Gasteiger partial charge is 0.320 e. The van der Waals surface area contributed by atoms with E-state index in [0.29, 0.717) is 13.0 Å². The first-order chi connectivity index (χ1) is 11.4. The molecule has 0 spiro atoms. The Kier molecular flexibility index (Phi) is 6.25. The SMILES string of the molecule is CC(Cc1c(F)cccc1F)NC(=O)CN1CCCCC1C(=O)O. The highest BCUT2D eigenvalue weighted by Gasteiger charge is 2.29. The van der Waals surface area contributed by atoms with Gasteiger partial charge < -0.3 is 10.4 Å². The second kappa shape index (κ2) is 8.19. The van der Waals surface area contributed by atoms with Gasteiger partial charge in [0, 0.05) is 11.6 Å². The number of rotatable bonds is 6. The monoisotopic (exact) mass is 340 g/mol. The minimum absolute atomic E-state index is 0.0267. The molecule has 1 saturated heterocycles. The molecule has 2 rings (SSSR count). The number of carboxylic acids is 1. The fraction of sp³-hybridized carbons (Fsp3) is 0.529. The molecule has 0 radical (unpaired) electrons. The van der Waals surface area contributed by atoms with Crippen molar-refractivity contribution in [3.63, 3.8) is 0 Å². The molecule has 1 heterocycles. The third kappa shape index (κ3) is 4.74. The lowest BCUT2D eigenvalue weighted by Crippen LogP contribution is -2.50. The van der Waals surface area contributed by atoms with Crippen molar-refractivity contribution in [2.45, 2.75) is 44.7 Å². The van der Waals surface area contributed by atoms with Gasteiger partial charge in [0.1, 0.15) is 17.7 Å². The average molecular weight is 340 g/mol. The van der Waals surface area contributed by atoms with Gasteiger partial charge in [-0.1, -0.05) is 12.5 Å². The lowest BCUT2D eigenvalue weighted by atomic mass is 10.0. The predicted octanol–water partition coefficient (Wildman–Crippen LogP) is 1.95. The Hall–Kier alpha value is -2.02. The molecule has 2 atom stereocenters. The molecule has 1 aromatic carbocycles. The van der Waals surface area contributed by atoms with Crippen LogP contribution in [0.1, 0.15) is 31.7 Å². The Balaban J connectivity index is 1.90. The van der Waals surface area contributed by atoms with E-state index in [1.54, 1.807) is 11.8 Å². The maximum atomic E-state index is 13.6. The Morgan fingerprint density at radius 1 is 1.33 bits per heavy atom. The van der Waals surface area contributed by atoms with Gasteiger partial charge in [-0.05, 0) is 44.9 Å². The molecule has 2 N–H and O–H groups in total. The molecule has 1 amide bonds. The molecule has 24 heavy (non-hydrogen) atoms. The van der Waals surface area contributed by atoms with Crippen molar-refractivity contribution in [2.75, 3.05) is 13.1 Å². The maximum absolute atomic E-state index is 13.6. The van der Waals surface area contributed by atoms with Crippen LogP contribution in [0.15, 0.2) is 18.2 Å². The standard InChI is InChI=1S/C17H22F2N2O3/c1-11(9-12-13(18)5-4-6-14(12)19)20-16(22)10-21-8-3-2-7-15(21)17(23)24/h4-6,11,15H,2-3,7-10H2,1H3,(H,20,22)(H,23,24). The largest absolute Gasteiger partial charge is 0.480 e. The highest BCUT2D eigenvalue weighted by atomic mass is 19.1. The van der Waals surface area contributed by atoms with E-state index >= 15 is 0 Å². The van der Waals surface area contributed by atoms with E-state index in [2.05, 4.69) is 5.32 Å². The number of likely N-dealkylation sites (tertiary alicyclic amines) is 1. The topological polar surface area (TPSA) is 69.6 Å². The number of carbonyl (C=O) groups is 2. The van der Waals surface area contributed by atoms with E-state index in [1.165, 1.54) is 18.2 Å². The Morgan fingerprint density at radius 3 is 2.62 bits per heavy atom. The zero-order chi connectivity index (χ0) is 17.7. The Bertz CT molecular complexity index is 589. The molecule has 7 heteroatoms. The van der Waals surface area contributed by atoms with Crippen LogP contribution < -0.4 is 5.32 Å². The van der Waals surface area contributed by atoms with Gasteiger partial charge in [-0.25, -0.2) is 8.78 Å². The van der Waals surface area contributed by atoms with E-state index in [1.807, 2.05) is 0 Å². The lowest BCUT2D eigenvalue weighted by molar-refractivity contribution is -0.145. The van der Waals surface area contributed by atoms with Crippen LogP contribution in [0.5, 0.6) is 0 Å². The minimum Gasteiger partial charge on any atom is -0.480 e. The number of nitrogens with one attached hydrogen (secondary N) is 1. The molecule has 1 aliphatic heterocycles. The van der Waals surface area contributed by atoms with E-state index in [-0.39, 0.29) is 24.4 Å². The molecule has 0 bridgehead atoms. The van der Waals surface area contributed by atoms with Crippen LogP contribution in [-0.2, 0) is 16.0 Å². The number of hydrogen-bond acceptors (Lipinski definition) is 3. The van der Waals surface area contributed by atoms with Crippen molar-refractivity contribution in [3.05, 3.63) is 35.4 Å². The summed E-state index contributed by atoms with van der Waals surface area (Å²) in [6.07, 6.45) is 2.25. The van der Waals surface area contributed by atoms with Crippen LogP contribution in [0.2, 0.25) is 0 Å². The summed E-state index contributed by atoms with van der Waals surface area (Å²) >= 11 is 0. The summed E-state index contributed by atoms with van der Waals surface area (Å²) in [5.41, 5.74) is -0.0633. The molecule has 0 saturated carbocycles. The van der Waals surface area contributed by atoms with Crippen LogP contribution in [-0.4, -0.2) is 47.1 Å². The first-order valence-corrected chi connectivity index (χ1v) is 8.07. The second-order valence-electron chi connectivity index (χ2n) is 6.19. The summed E-state index contributed by atoms with van der Waals surface area (Å²) < 4.78 is 27.3. The number of halogens is 2. The molecule has 1 aromatic rings. The summed E-state index contributed by atoms with van der Waals surface area (Å²) in [6.45, 7) is 2.19. The summed E-state index contributed by atoms with van der Waals surface area (Å²) in [6, 6.07) is 2.54. The molecule has 5 nitrogen and oxygen atoms in total. The fourth-order valence-corrected chi connectivity index (χ4v) is 3.05. The van der Waals surface area contributed by atoms with E-state index in [0.717, 1.165) is 12.8 Å². The van der Waals surface area contributed by atoms with Crippen molar-refractivity contribution >= 4 is 11.9 Å². The third-order valence-corrected chi connectivity index (χ3v) is 4.22. The van der Waals surface area contributed by atoms with Crippen LogP contribution >= 0.6 is 0 Å². The number of nitrogens with zero attached hydrogens (tertiary/aromatic N) is 1. The molecule has 1 fully saturated rings. The molecular weight excluding hydrogens is 318 g/mol. The van der Waals surface area contributed by atoms with Gasteiger partial charge in [-0.15, -0.1) is 0 Å². The van der Waals surface area contributed by atoms with Gasteiger partial charge in [-0.3, -0.25) is 14.5 Å². The van der Waals surface area contributed by atoms with Crippen molar-refractivity contribution in [1.82, 2.24) is 10.2 Å². The minimum atomic E-state index is -0.927. The van der Waals surface area contributed by atoms with Crippen LogP contribution in [0.4, 0.5) is 8.78 Å². The Labute approximate surface area is 139 Å². The molecule has 1 aliphatic rings. The molecule has 132 valence electrons. The fourth-order valence-electron chi connectivity index (χ4n) is 3.05. The van der Waals surface area contributed by atoms with Gasteiger partial charge in [0.25, 0.3) is 0 Å². The number of piperidine rings is 1. The predicted molar refractivity (Wildman–Crippen MR) is 84.5 cm³/mol. The number of carbonyl (C=O) groups excluding carboxylic acids is 1. The van der Waals surface area contributed by atoms with E-state index in [9.17, 15) is 23.5 Å². The Morgan fingerprint density at radius 2 is 2.00 bits per heavy atom. The third-order valence-electron chi connectivity index (χ3n) is 4.22. The number of aliphatic carboxylic acids is 1. The average Bonchev–Trinajstić information content (AvgIpc) is 2.51. The molecule has 0 aliphatic carbocycles. The van der Waals surface area contributed by atoms with Crippen LogP contribution in [0.25, 0.3) is 0 Å². The van der Waals surface area contributed by atoms with Gasteiger partial charge in [0.05, 0.1) is 6.54 Å². The number of benzene rings is 1. The van der Waals surface area contributed by atoms with Crippen molar-refractivity contribution in [1.29, 1.82) is 0 Å². The lowest BCUT2D eigenvalue weighted by Gasteiger charge is -2.32. The number of carboxylic acid groups (broad SMARTS) is 1. The van der Waals surface area contributed by atoms with Gasteiger partial charge in [0.2, 0.25) is 5.91 Å². The number of hydrogen-bond donors (Lipinski definition) is 2. The maximum Gasteiger partial charge on any atom is 0.320 e. The van der Waals surface area contributed by atoms with Crippen molar-refractivity contribution < 1.29 is 23.5 Å². The van der Waals surface area contributed by atoms with Gasteiger partial charge >= 0.3 is 5.97 Å². The first kappa shape index (κ1) is 18.3. The summed E-state index contributed by atoms with van der Waals surface area (Å²) in [7, 11) is 0. The summed E-state index contributed by atoms with van der Waals surface area (Å²) in [4.78, 5) is 25.0. The van der Waals surface area contributed by atoms with E-state index < -0.39 is 29.7 Å². The highest BCUT2D eigenvalue weighted by molar-refractivity contribution is 5.80. The number of amides is 1. The van der Waals surface area contributed by atoms with Gasteiger partial charge in [-0.2, -0.15) is 0 Å². The van der Waals surface area contributed by atoms with Gasteiger partial charge in [0.15, 0.2) is 0 Å². The van der Waals surface area contributed by atoms with Crippen LogP contribution in [0.3, 0.4) is 0 Å². The molecular formula is C17H22F2N2O3. The van der Waals surface area contributed by atoms with Crippen molar-refractivity contribution in [2.24, 2.45) is 0 Å². The quantitative estimate of drug-likeness (QED) is 0.830.